The molecule has 1 aromatic rings. The second-order valence-electron chi connectivity index (χ2n) is 5.52. The molecule has 106 valence electrons. The van der Waals surface area contributed by atoms with Crippen LogP contribution >= 0.6 is 11.6 Å². The van der Waals surface area contributed by atoms with Gasteiger partial charge in [-0.25, -0.2) is 0 Å². The van der Waals surface area contributed by atoms with Gasteiger partial charge in [-0.05, 0) is 50.3 Å². The maximum Gasteiger partial charge on any atom is 0.0762 e. The number of hydrogen-bond donors (Lipinski definition) is 1. The summed E-state index contributed by atoms with van der Waals surface area (Å²) in [5, 5.41) is 10.4. The lowest BCUT2D eigenvalue weighted by Crippen LogP contribution is -2.39. The molecule has 1 saturated heterocycles. The second kappa shape index (κ2) is 6.62. The van der Waals surface area contributed by atoms with Gasteiger partial charge in [0.25, 0.3) is 0 Å². The maximum absolute atomic E-state index is 9.61. The highest BCUT2D eigenvalue weighted by Crippen LogP contribution is 2.34. The average molecular weight is 282 g/mol. The van der Waals surface area contributed by atoms with Crippen molar-refractivity contribution < 1.29 is 5.11 Å². The molecule has 1 fully saturated rings. The summed E-state index contributed by atoms with van der Waals surface area (Å²) in [6, 6.07) is 6.58. The first-order valence-corrected chi connectivity index (χ1v) is 7.75. The molecule has 1 aliphatic rings. The summed E-state index contributed by atoms with van der Waals surface area (Å²) in [6.07, 6.45) is 5.82. The highest BCUT2D eigenvalue weighted by atomic mass is 35.5. The van der Waals surface area contributed by atoms with E-state index >= 15 is 0 Å². The van der Waals surface area contributed by atoms with Crippen molar-refractivity contribution in [3.8, 4) is 0 Å². The Hall–Kier alpha value is -0.730. The quantitative estimate of drug-likeness (QED) is 0.875. The predicted molar refractivity (Wildman–Crippen MR) is 82.0 cm³/mol. The van der Waals surface area contributed by atoms with Crippen molar-refractivity contribution in [1.29, 1.82) is 0 Å². The predicted octanol–water partition coefficient (Wildman–Crippen LogP) is 4.55. The van der Waals surface area contributed by atoms with Gasteiger partial charge < -0.3 is 10.0 Å². The van der Waals surface area contributed by atoms with Gasteiger partial charge in [0, 0.05) is 12.6 Å². The smallest absolute Gasteiger partial charge is 0.0762 e. The van der Waals surface area contributed by atoms with Crippen LogP contribution in [0.1, 0.15) is 57.6 Å². The number of aliphatic hydroxyl groups is 1. The zero-order chi connectivity index (χ0) is 13.8. The minimum atomic E-state index is -0.459. The van der Waals surface area contributed by atoms with Crippen LogP contribution in [0.5, 0.6) is 0 Å². The van der Waals surface area contributed by atoms with Gasteiger partial charge in [0.2, 0.25) is 0 Å². The summed E-state index contributed by atoms with van der Waals surface area (Å²) in [6.45, 7) is 5.11. The zero-order valence-corrected chi connectivity index (χ0v) is 12.7. The summed E-state index contributed by atoms with van der Waals surface area (Å²) in [7, 11) is 0. The van der Waals surface area contributed by atoms with Gasteiger partial charge in [0.15, 0.2) is 0 Å². The number of anilines is 1. The molecule has 2 nitrogen and oxygen atoms in total. The van der Waals surface area contributed by atoms with E-state index in [1.807, 2.05) is 12.1 Å². The van der Waals surface area contributed by atoms with Crippen molar-refractivity contribution in [2.75, 3.05) is 11.4 Å². The number of benzene rings is 1. The van der Waals surface area contributed by atoms with E-state index in [-0.39, 0.29) is 0 Å². The van der Waals surface area contributed by atoms with E-state index in [0.29, 0.717) is 6.04 Å². The molecule has 19 heavy (non-hydrogen) atoms. The monoisotopic (exact) mass is 281 g/mol. The molecule has 0 spiro atoms. The third-order valence-corrected chi connectivity index (χ3v) is 4.32. The molecule has 0 saturated carbocycles. The van der Waals surface area contributed by atoms with Crippen molar-refractivity contribution in [2.45, 2.75) is 58.1 Å². The van der Waals surface area contributed by atoms with Gasteiger partial charge in [-0.15, -0.1) is 0 Å². The molecule has 2 rings (SSSR count). The average Bonchev–Trinajstić information content (AvgIpc) is 2.40. The molecular formula is C16H24ClNO. The SMILES string of the molecule is CCCC1CCCCN1c1ccc([C@@H](C)O)cc1Cl. The summed E-state index contributed by atoms with van der Waals surface area (Å²) in [5.74, 6) is 0. The normalized spacial score (nSPS) is 21.5. The summed E-state index contributed by atoms with van der Waals surface area (Å²) >= 11 is 6.42. The standard InChI is InChI=1S/C16H24ClNO/c1-3-6-14-7-4-5-10-18(14)16-9-8-13(12(2)19)11-15(16)17/h8-9,11-12,14,19H,3-7,10H2,1-2H3/t12-,14?/m1/s1. The first-order chi connectivity index (χ1) is 9.13. The number of piperidine rings is 1. The molecule has 1 aliphatic heterocycles. The fourth-order valence-electron chi connectivity index (χ4n) is 2.97. The Morgan fingerprint density at radius 2 is 2.21 bits per heavy atom. The molecule has 1 N–H and O–H groups in total. The number of halogens is 1. The molecule has 0 aliphatic carbocycles. The fourth-order valence-corrected chi connectivity index (χ4v) is 3.26. The Bertz CT molecular complexity index is 417. The first kappa shape index (κ1) is 14.7. The number of nitrogens with zero attached hydrogens (tertiary/aromatic N) is 1. The third-order valence-electron chi connectivity index (χ3n) is 4.01. The summed E-state index contributed by atoms with van der Waals surface area (Å²) in [5.41, 5.74) is 2.02. The summed E-state index contributed by atoms with van der Waals surface area (Å²) < 4.78 is 0. The van der Waals surface area contributed by atoms with Crippen molar-refractivity contribution in [2.24, 2.45) is 0 Å². The number of aliphatic hydroxyl groups excluding tert-OH is 1. The van der Waals surface area contributed by atoms with Crippen LogP contribution in [0.15, 0.2) is 18.2 Å². The van der Waals surface area contributed by atoms with Gasteiger partial charge in [0.05, 0.1) is 16.8 Å². The fraction of sp³-hybridized carbons (Fsp3) is 0.625. The lowest BCUT2D eigenvalue weighted by Gasteiger charge is -2.38. The van der Waals surface area contributed by atoms with E-state index in [2.05, 4.69) is 17.9 Å². The largest absolute Gasteiger partial charge is 0.389 e. The minimum Gasteiger partial charge on any atom is -0.389 e. The van der Waals surface area contributed by atoms with Crippen LogP contribution in [0.25, 0.3) is 0 Å². The van der Waals surface area contributed by atoms with Crippen molar-refractivity contribution in [3.05, 3.63) is 28.8 Å². The van der Waals surface area contributed by atoms with Crippen molar-refractivity contribution >= 4 is 17.3 Å². The lowest BCUT2D eigenvalue weighted by molar-refractivity contribution is 0.199. The van der Waals surface area contributed by atoms with Gasteiger partial charge in [-0.2, -0.15) is 0 Å². The van der Waals surface area contributed by atoms with Crippen LogP contribution in [0.3, 0.4) is 0 Å². The number of rotatable bonds is 4. The van der Waals surface area contributed by atoms with Crippen LogP contribution in [0.4, 0.5) is 5.69 Å². The van der Waals surface area contributed by atoms with Gasteiger partial charge in [-0.1, -0.05) is 31.0 Å². The Balaban J connectivity index is 2.23. The van der Waals surface area contributed by atoms with Crippen LogP contribution in [0.2, 0.25) is 5.02 Å². The van der Waals surface area contributed by atoms with Crippen LogP contribution in [-0.4, -0.2) is 17.7 Å². The van der Waals surface area contributed by atoms with E-state index < -0.39 is 6.10 Å². The molecule has 2 atom stereocenters. The Labute approximate surface area is 121 Å². The Morgan fingerprint density at radius 1 is 1.42 bits per heavy atom. The molecule has 0 amide bonds. The van der Waals surface area contributed by atoms with Crippen molar-refractivity contribution in [3.63, 3.8) is 0 Å². The van der Waals surface area contributed by atoms with Crippen LogP contribution in [-0.2, 0) is 0 Å². The van der Waals surface area contributed by atoms with Gasteiger partial charge in [0.1, 0.15) is 0 Å². The Morgan fingerprint density at radius 3 is 2.84 bits per heavy atom. The molecule has 1 unspecified atom stereocenters. The van der Waals surface area contributed by atoms with Gasteiger partial charge >= 0.3 is 0 Å². The molecule has 1 heterocycles. The number of hydrogen-bond acceptors (Lipinski definition) is 2. The Kier molecular flexibility index (Phi) is 5.12. The molecular weight excluding hydrogens is 258 g/mol. The maximum atomic E-state index is 9.61. The topological polar surface area (TPSA) is 23.5 Å². The molecule has 0 aromatic heterocycles. The van der Waals surface area contributed by atoms with E-state index in [1.54, 1.807) is 6.92 Å². The molecule has 3 heteroatoms. The third kappa shape index (κ3) is 3.43. The second-order valence-corrected chi connectivity index (χ2v) is 5.93. The van der Waals surface area contributed by atoms with E-state index in [1.165, 1.54) is 32.1 Å². The van der Waals surface area contributed by atoms with Crippen molar-refractivity contribution in [1.82, 2.24) is 0 Å². The van der Waals surface area contributed by atoms with Crippen LogP contribution in [0, 0.1) is 0 Å². The van der Waals surface area contributed by atoms with E-state index in [0.717, 1.165) is 22.8 Å². The molecule has 1 aromatic carbocycles. The summed E-state index contributed by atoms with van der Waals surface area (Å²) in [4.78, 5) is 2.46. The highest BCUT2D eigenvalue weighted by molar-refractivity contribution is 6.33. The van der Waals surface area contributed by atoms with Gasteiger partial charge in [-0.3, -0.25) is 0 Å². The van der Waals surface area contributed by atoms with E-state index in [9.17, 15) is 5.11 Å². The zero-order valence-electron chi connectivity index (χ0n) is 11.9. The molecule has 0 bridgehead atoms. The minimum absolute atomic E-state index is 0.459. The van der Waals surface area contributed by atoms with E-state index in [4.69, 9.17) is 11.6 Å². The molecule has 0 radical (unpaired) electrons. The lowest BCUT2D eigenvalue weighted by atomic mass is 9.97. The first-order valence-electron chi connectivity index (χ1n) is 7.37. The highest BCUT2D eigenvalue weighted by Gasteiger charge is 2.23. The van der Waals surface area contributed by atoms with Crippen LogP contribution < -0.4 is 4.90 Å².